The van der Waals surface area contributed by atoms with Crippen LogP contribution in [0, 0.1) is 6.92 Å². The summed E-state index contributed by atoms with van der Waals surface area (Å²) in [5, 5.41) is 15.5. The number of ether oxygens (including phenoxy) is 1. The van der Waals surface area contributed by atoms with Crippen molar-refractivity contribution < 1.29 is 24.2 Å². The first-order valence-electron chi connectivity index (χ1n) is 12.3. The molecule has 202 valence electrons. The quantitative estimate of drug-likeness (QED) is 0.386. The van der Waals surface area contributed by atoms with Crippen molar-refractivity contribution in [1.82, 2.24) is 15.5 Å². The molecule has 2 aromatic rings. The number of aliphatic hydroxyl groups excluding tert-OH is 1. The van der Waals surface area contributed by atoms with Crippen LogP contribution in [0.4, 0.5) is 4.79 Å². The van der Waals surface area contributed by atoms with E-state index in [1.54, 1.807) is 26.8 Å². The van der Waals surface area contributed by atoms with Gasteiger partial charge in [0, 0.05) is 13.1 Å². The minimum absolute atomic E-state index is 0.0814. The van der Waals surface area contributed by atoms with Gasteiger partial charge in [-0.25, -0.2) is 4.79 Å². The summed E-state index contributed by atoms with van der Waals surface area (Å²) >= 11 is 1.54. The van der Waals surface area contributed by atoms with Crippen LogP contribution in [0.25, 0.3) is 0 Å². The number of aliphatic hydroxyl groups is 1. The van der Waals surface area contributed by atoms with Crippen molar-refractivity contribution in [2.45, 2.75) is 58.3 Å². The fourth-order valence-corrected chi connectivity index (χ4v) is 4.28. The third-order valence-electron chi connectivity index (χ3n) is 5.45. The number of nitrogens with zero attached hydrogens (tertiary/aromatic N) is 1. The molecule has 0 aliphatic heterocycles. The van der Waals surface area contributed by atoms with Crippen LogP contribution in [0.15, 0.2) is 54.6 Å². The summed E-state index contributed by atoms with van der Waals surface area (Å²) < 4.78 is 5.38. The first-order valence-corrected chi connectivity index (χ1v) is 13.7. The molecule has 2 aromatic carbocycles. The van der Waals surface area contributed by atoms with Crippen molar-refractivity contribution in [3.63, 3.8) is 0 Å². The van der Waals surface area contributed by atoms with E-state index in [9.17, 15) is 19.5 Å². The van der Waals surface area contributed by atoms with Gasteiger partial charge in [0.05, 0.1) is 6.61 Å². The SMILES string of the molecule is CSCCC(NC(=O)OC(C)(C)C)C(=O)N(CCO)C(C(=O)NCc1ccccc1)c1cccc(C)c1. The molecule has 0 aliphatic carbocycles. The van der Waals surface area contributed by atoms with Crippen LogP contribution >= 0.6 is 11.8 Å². The Kier molecular flexibility index (Phi) is 11.9. The molecule has 37 heavy (non-hydrogen) atoms. The predicted octanol–water partition coefficient (Wildman–Crippen LogP) is 3.82. The molecular weight excluding hydrogens is 490 g/mol. The first-order chi connectivity index (χ1) is 17.6. The molecule has 0 spiro atoms. The maximum absolute atomic E-state index is 13.9. The number of carbonyl (C=O) groups is 3. The summed E-state index contributed by atoms with van der Waals surface area (Å²) in [6.07, 6.45) is 1.54. The Hall–Kier alpha value is -3.04. The van der Waals surface area contributed by atoms with Crippen molar-refractivity contribution in [2.75, 3.05) is 25.2 Å². The molecule has 2 atom stereocenters. The normalized spacial score (nSPS) is 12.8. The van der Waals surface area contributed by atoms with Crippen LogP contribution in [0.2, 0.25) is 0 Å². The van der Waals surface area contributed by atoms with E-state index in [2.05, 4.69) is 10.6 Å². The van der Waals surface area contributed by atoms with Gasteiger partial charge < -0.3 is 25.4 Å². The Bertz CT molecular complexity index is 1030. The molecule has 0 heterocycles. The lowest BCUT2D eigenvalue weighted by molar-refractivity contribution is -0.143. The standard InChI is InChI=1S/C28H39N3O5S/c1-20-10-9-13-22(18-20)24(25(33)29-19-21-11-7-6-8-12-21)31(15-16-32)26(34)23(14-17-37-5)30-27(35)36-28(2,3)4/h6-13,18,23-24,32H,14-17,19H2,1-5H3,(H,29,33)(H,30,35). The van der Waals surface area contributed by atoms with Crippen LogP contribution in [-0.4, -0.2) is 64.7 Å². The molecule has 3 amide bonds. The summed E-state index contributed by atoms with van der Waals surface area (Å²) in [5.74, 6) is -0.235. The predicted molar refractivity (Wildman–Crippen MR) is 147 cm³/mol. The van der Waals surface area contributed by atoms with E-state index in [4.69, 9.17) is 4.74 Å². The van der Waals surface area contributed by atoms with Gasteiger partial charge in [-0.2, -0.15) is 11.8 Å². The van der Waals surface area contributed by atoms with E-state index in [0.29, 0.717) is 17.7 Å². The number of alkyl carbamates (subject to hydrolysis) is 1. The number of aryl methyl sites for hydroxylation is 1. The highest BCUT2D eigenvalue weighted by Crippen LogP contribution is 2.24. The average Bonchev–Trinajstić information content (AvgIpc) is 2.84. The van der Waals surface area contributed by atoms with Crippen molar-refractivity contribution >= 4 is 29.7 Å². The highest BCUT2D eigenvalue weighted by atomic mass is 32.2. The second-order valence-electron chi connectivity index (χ2n) is 9.76. The zero-order valence-corrected chi connectivity index (χ0v) is 23.1. The monoisotopic (exact) mass is 529 g/mol. The third kappa shape index (κ3) is 10.1. The summed E-state index contributed by atoms with van der Waals surface area (Å²) in [6, 6.07) is 14.9. The first kappa shape index (κ1) is 30.2. The van der Waals surface area contributed by atoms with Crippen LogP contribution in [0.3, 0.4) is 0 Å². The fourth-order valence-electron chi connectivity index (χ4n) is 3.81. The molecule has 0 aromatic heterocycles. The van der Waals surface area contributed by atoms with Crippen LogP contribution < -0.4 is 10.6 Å². The summed E-state index contributed by atoms with van der Waals surface area (Å²) in [4.78, 5) is 41.4. The van der Waals surface area contributed by atoms with Gasteiger partial charge in [0.1, 0.15) is 17.7 Å². The van der Waals surface area contributed by atoms with Crippen molar-refractivity contribution in [3.05, 3.63) is 71.3 Å². The molecule has 0 saturated carbocycles. The lowest BCUT2D eigenvalue weighted by Gasteiger charge is -2.34. The second kappa shape index (κ2) is 14.6. The number of amides is 3. The molecule has 0 radical (unpaired) electrons. The van der Waals surface area contributed by atoms with Crippen LogP contribution in [0.5, 0.6) is 0 Å². The molecule has 9 heteroatoms. The largest absolute Gasteiger partial charge is 0.444 e. The van der Waals surface area contributed by atoms with Crippen molar-refractivity contribution in [1.29, 1.82) is 0 Å². The fraction of sp³-hybridized carbons (Fsp3) is 0.464. The third-order valence-corrected chi connectivity index (χ3v) is 6.10. The van der Waals surface area contributed by atoms with Gasteiger partial charge >= 0.3 is 6.09 Å². The van der Waals surface area contributed by atoms with Crippen molar-refractivity contribution in [2.24, 2.45) is 0 Å². The van der Waals surface area contributed by atoms with Gasteiger partial charge in [-0.05, 0) is 57.3 Å². The van der Waals surface area contributed by atoms with E-state index in [1.165, 1.54) is 16.7 Å². The van der Waals surface area contributed by atoms with Crippen molar-refractivity contribution in [3.8, 4) is 0 Å². The zero-order chi connectivity index (χ0) is 27.4. The number of thioether (sulfide) groups is 1. The van der Waals surface area contributed by atoms with Gasteiger partial charge in [-0.15, -0.1) is 0 Å². The van der Waals surface area contributed by atoms with Crippen LogP contribution in [-0.2, 0) is 20.9 Å². The molecular formula is C28H39N3O5S. The maximum Gasteiger partial charge on any atom is 0.408 e. The molecule has 0 fully saturated rings. The van der Waals surface area contributed by atoms with E-state index >= 15 is 0 Å². The Morgan fingerprint density at radius 3 is 2.38 bits per heavy atom. The number of rotatable bonds is 12. The Balaban J connectivity index is 2.40. The van der Waals surface area contributed by atoms with Gasteiger partial charge in [0.15, 0.2) is 0 Å². The zero-order valence-electron chi connectivity index (χ0n) is 22.3. The Labute approximate surface area is 224 Å². The second-order valence-corrected chi connectivity index (χ2v) is 10.7. The minimum Gasteiger partial charge on any atom is -0.444 e. The molecule has 3 N–H and O–H groups in total. The van der Waals surface area contributed by atoms with Gasteiger partial charge in [-0.1, -0.05) is 60.2 Å². The van der Waals surface area contributed by atoms with E-state index in [1.807, 2.05) is 61.7 Å². The summed E-state index contributed by atoms with van der Waals surface area (Å²) in [6.45, 7) is 7.00. The molecule has 0 bridgehead atoms. The molecule has 2 unspecified atom stereocenters. The lowest BCUT2D eigenvalue weighted by Crippen LogP contribution is -2.53. The maximum atomic E-state index is 13.9. The van der Waals surface area contributed by atoms with E-state index in [0.717, 1.165) is 11.1 Å². The average molecular weight is 530 g/mol. The molecule has 8 nitrogen and oxygen atoms in total. The number of hydrogen-bond acceptors (Lipinski definition) is 6. The molecule has 0 saturated heterocycles. The Morgan fingerprint density at radius 2 is 1.78 bits per heavy atom. The number of nitrogens with one attached hydrogen (secondary N) is 2. The smallest absolute Gasteiger partial charge is 0.408 e. The molecule has 2 rings (SSSR count). The van der Waals surface area contributed by atoms with Gasteiger partial charge in [0.2, 0.25) is 11.8 Å². The van der Waals surface area contributed by atoms with Gasteiger partial charge in [-0.3, -0.25) is 9.59 Å². The number of hydrogen-bond donors (Lipinski definition) is 3. The van der Waals surface area contributed by atoms with E-state index < -0.39 is 29.7 Å². The highest BCUT2D eigenvalue weighted by Gasteiger charge is 2.36. The Morgan fingerprint density at radius 1 is 1.08 bits per heavy atom. The van der Waals surface area contributed by atoms with E-state index in [-0.39, 0.29) is 25.6 Å². The topological polar surface area (TPSA) is 108 Å². The van der Waals surface area contributed by atoms with Crippen LogP contribution in [0.1, 0.15) is 49.9 Å². The summed E-state index contributed by atoms with van der Waals surface area (Å²) in [5.41, 5.74) is 1.74. The summed E-state index contributed by atoms with van der Waals surface area (Å²) in [7, 11) is 0. The number of benzene rings is 2. The number of carbonyl (C=O) groups excluding carboxylic acids is 3. The lowest BCUT2D eigenvalue weighted by atomic mass is 10.0. The van der Waals surface area contributed by atoms with Gasteiger partial charge in [0.25, 0.3) is 0 Å². The minimum atomic E-state index is -1.000. The highest BCUT2D eigenvalue weighted by molar-refractivity contribution is 7.98. The molecule has 0 aliphatic rings.